The number of rotatable bonds is 3. The summed E-state index contributed by atoms with van der Waals surface area (Å²) < 4.78 is 14.9. The molecular weight excluding hydrogens is 352 g/mol. The van der Waals surface area contributed by atoms with Crippen molar-refractivity contribution in [3.05, 3.63) is 63.4 Å². The van der Waals surface area contributed by atoms with Gasteiger partial charge >= 0.3 is 0 Å². The van der Waals surface area contributed by atoms with Crippen LogP contribution in [-0.4, -0.2) is 20.2 Å². The Morgan fingerprint density at radius 1 is 1.21 bits per heavy atom. The molecule has 2 aromatic carbocycles. The van der Waals surface area contributed by atoms with Gasteiger partial charge in [-0.25, -0.2) is 4.39 Å². The predicted molar refractivity (Wildman–Crippen MR) is 90.3 cm³/mol. The van der Waals surface area contributed by atoms with Crippen molar-refractivity contribution < 1.29 is 4.39 Å². The fourth-order valence-electron chi connectivity index (χ4n) is 2.99. The topological polar surface area (TPSA) is 55.6 Å². The van der Waals surface area contributed by atoms with Gasteiger partial charge in [0.05, 0.1) is 21.8 Å². The molecule has 24 heavy (non-hydrogen) atoms. The molecule has 1 aliphatic rings. The average Bonchev–Trinajstić information content (AvgIpc) is 3.18. The Morgan fingerprint density at radius 2 is 2.08 bits per heavy atom. The fraction of sp³-hybridized carbons (Fsp3) is 0.188. The van der Waals surface area contributed by atoms with Gasteiger partial charge in [0.2, 0.25) is 5.95 Å². The largest absolute Gasteiger partial charge is 0.346 e. The third-order valence-electron chi connectivity index (χ3n) is 4.12. The standard InChI is InChI=1S/C16H12Cl2FN5/c17-12-2-1-3-14(15(12)18)24-16(21-22-23-24)20-13-7-4-9-8-10(19)5-6-11(9)13/h1-3,5-6,8,13H,4,7H2,(H,20,21,23). The number of halogens is 3. The van der Waals surface area contributed by atoms with Gasteiger partial charge in [0.15, 0.2) is 0 Å². The minimum atomic E-state index is -0.218. The van der Waals surface area contributed by atoms with Crippen LogP contribution >= 0.6 is 23.2 Å². The molecule has 0 spiro atoms. The number of hydrogen-bond donors (Lipinski definition) is 1. The highest BCUT2D eigenvalue weighted by atomic mass is 35.5. The Labute approximate surface area is 147 Å². The third-order valence-corrected chi connectivity index (χ3v) is 4.92. The second-order valence-corrected chi connectivity index (χ2v) is 6.35. The highest BCUT2D eigenvalue weighted by Gasteiger charge is 2.25. The van der Waals surface area contributed by atoms with E-state index >= 15 is 0 Å². The van der Waals surface area contributed by atoms with Gasteiger partial charge in [-0.2, -0.15) is 4.68 Å². The van der Waals surface area contributed by atoms with Gasteiger partial charge in [-0.3, -0.25) is 0 Å². The van der Waals surface area contributed by atoms with Crippen molar-refractivity contribution in [2.75, 3.05) is 5.32 Å². The molecular formula is C16H12Cl2FN5. The Morgan fingerprint density at radius 3 is 2.96 bits per heavy atom. The molecule has 1 aliphatic carbocycles. The summed E-state index contributed by atoms with van der Waals surface area (Å²) in [6.07, 6.45) is 1.65. The van der Waals surface area contributed by atoms with E-state index in [1.165, 1.54) is 10.7 Å². The van der Waals surface area contributed by atoms with E-state index in [4.69, 9.17) is 23.2 Å². The molecule has 0 amide bonds. The molecule has 1 atom stereocenters. The van der Waals surface area contributed by atoms with E-state index in [9.17, 15) is 4.39 Å². The Kier molecular flexibility index (Phi) is 3.86. The van der Waals surface area contributed by atoms with E-state index in [0.717, 1.165) is 24.0 Å². The Bertz CT molecular complexity index is 911. The lowest BCUT2D eigenvalue weighted by atomic mass is 10.1. The number of tetrazole rings is 1. The van der Waals surface area contributed by atoms with Crippen molar-refractivity contribution in [3.8, 4) is 5.69 Å². The molecule has 1 unspecified atom stereocenters. The van der Waals surface area contributed by atoms with Gasteiger partial charge < -0.3 is 5.32 Å². The van der Waals surface area contributed by atoms with Gasteiger partial charge in [0.25, 0.3) is 0 Å². The minimum Gasteiger partial charge on any atom is -0.346 e. The maximum Gasteiger partial charge on any atom is 0.248 e. The van der Waals surface area contributed by atoms with E-state index in [0.29, 0.717) is 21.7 Å². The van der Waals surface area contributed by atoms with E-state index in [2.05, 4.69) is 20.8 Å². The lowest BCUT2D eigenvalue weighted by Gasteiger charge is -2.15. The van der Waals surface area contributed by atoms with Gasteiger partial charge in [-0.15, -0.1) is 0 Å². The molecule has 122 valence electrons. The molecule has 0 radical (unpaired) electrons. The van der Waals surface area contributed by atoms with Crippen LogP contribution in [0.15, 0.2) is 36.4 Å². The Hall–Kier alpha value is -2.18. The van der Waals surface area contributed by atoms with Crippen molar-refractivity contribution in [2.24, 2.45) is 0 Å². The van der Waals surface area contributed by atoms with Crippen LogP contribution < -0.4 is 5.32 Å². The zero-order valence-electron chi connectivity index (χ0n) is 12.4. The van der Waals surface area contributed by atoms with Gasteiger partial charge in [-0.05, 0) is 58.7 Å². The molecule has 0 aliphatic heterocycles. The average molecular weight is 364 g/mol. The first-order chi connectivity index (χ1) is 11.6. The van der Waals surface area contributed by atoms with Crippen LogP contribution in [0.25, 0.3) is 5.69 Å². The number of nitrogens with one attached hydrogen (secondary N) is 1. The van der Waals surface area contributed by atoms with Crippen molar-refractivity contribution in [1.82, 2.24) is 20.2 Å². The molecule has 0 saturated heterocycles. The zero-order valence-corrected chi connectivity index (χ0v) is 13.9. The number of nitrogens with zero attached hydrogens (tertiary/aromatic N) is 4. The molecule has 1 heterocycles. The number of aryl methyl sites for hydroxylation is 1. The van der Waals surface area contributed by atoms with Gasteiger partial charge in [0, 0.05) is 0 Å². The second kappa shape index (κ2) is 6.03. The zero-order chi connectivity index (χ0) is 16.7. The normalized spacial score (nSPS) is 16.2. The van der Waals surface area contributed by atoms with Crippen LogP contribution in [0.4, 0.5) is 10.3 Å². The smallest absolute Gasteiger partial charge is 0.248 e. The second-order valence-electron chi connectivity index (χ2n) is 5.57. The van der Waals surface area contributed by atoms with Crippen molar-refractivity contribution in [2.45, 2.75) is 18.9 Å². The van der Waals surface area contributed by atoms with Crippen LogP contribution in [0, 0.1) is 5.82 Å². The monoisotopic (exact) mass is 363 g/mol. The van der Waals surface area contributed by atoms with E-state index in [-0.39, 0.29) is 11.9 Å². The SMILES string of the molecule is Fc1ccc2c(c1)CCC2Nc1nnnn1-c1cccc(Cl)c1Cl. The maximum absolute atomic E-state index is 13.4. The third kappa shape index (κ3) is 2.61. The number of aromatic nitrogens is 4. The first kappa shape index (κ1) is 15.4. The van der Waals surface area contributed by atoms with Crippen LogP contribution in [0.2, 0.25) is 10.0 Å². The lowest BCUT2D eigenvalue weighted by Crippen LogP contribution is -2.12. The minimum absolute atomic E-state index is 0.0170. The molecule has 4 rings (SSSR count). The summed E-state index contributed by atoms with van der Waals surface area (Å²) in [5.74, 6) is 0.242. The maximum atomic E-state index is 13.4. The number of hydrogen-bond acceptors (Lipinski definition) is 4. The first-order valence-electron chi connectivity index (χ1n) is 7.41. The summed E-state index contributed by atoms with van der Waals surface area (Å²) in [5.41, 5.74) is 2.66. The molecule has 8 heteroatoms. The Balaban J connectivity index is 1.67. The molecule has 0 bridgehead atoms. The van der Waals surface area contributed by atoms with E-state index in [1.54, 1.807) is 30.3 Å². The molecule has 0 fully saturated rings. The number of anilines is 1. The number of fused-ring (bicyclic) bond motifs is 1. The molecule has 1 aromatic heterocycles. The fourth-order valence-corrected chi connectivity index (χ4v) is 3.36. The summed E-state index contributed by atoms with van der Waals surface area (Å²) in [6.45, 7) is 0. The highest BCUT2D eigenvalue weighted by molar-refractivity contribution is 6.43. The molecule has 1 N–H and O–H groups in total. The molecule has 3 aromatic rings. The quantitative estimate of drug-likeness (QED) is 0.757. The lowest BCUT2D eigenvalue weighted by molar-refractivity contribution is 0.626. The van der Waals surface area contributed by atoms with Crippen molar-refractivity contribution >= 4 is 29.2 Å². The van der Waals surface area contributed by atoms with Crippen LogP contribution in [-0.2, 0) is 6.42 Å². The van der Waals surface area contributed by atoms with Crippen LogP contribution in [0.3, 0.4) is 0 Å². The molecule has 5 nitrogen and oxygen atoms in total. The van der Waals surface area contributed by atoms with Crippen LogP contribution in [0.5, 0.6) is 0 Å². The first-order valence-corrected chi connectivity index (χ1v) is 8.16. The molecule has 0 saturated carbocycles. The van der Waals surface area contributed by atoms with Gasteiger partial charge in [-0.1, -0.05) is 40.4 Å². The summed E-state index contributed by atoms with van der Waals surface area (Å²) in [6, 6.07) is 10.1. The number of benzene rings is 2. The summed E-state index contributed by atoms with van der Waals surface area (Å²) in [5, 5.41) is 15.9. The summed E-state index contributed by atoms with van der Waals surface area (Å²) in [7, 11) is 0. The predicted octanol–water partition coefficient (Wildman–Crippen LogP) is 4.21. The van der Waals surface area contributed by atoms with Crippen LogP contribution in [0.1, 0.15) is 23.6 Å². The van der Waals surface area contributed by atoms with E-state index < -0.39 is 0 Å². The highest BCUT2D eigenvalue weighted by Crippen LogP contribution is 2.35. The van der Waals surface area contributed by atoms with E-state index in [1.807, 2.05) is 0 Å². The van der Waals surface area contributed by atoms with Crippen molar-refractivity contribution in [1.29, 1.82) is 0 Å². The van der Waals surface area contributed by atoms with Crippen molar-refractivity contribution in [3.63, 3.8) is 0 Å². The summed E-state index contributed by atoms with van der Waals surface area (Å²) >= 11 is 12.3. The summed E-state index contributed by atoms with van der Waals surface area (Å²) in [4.78, 5) is 0. The van der Waals surface area contributed by atoms with Gasteiger partial charge in [0.1, 0.15) is 5.82 Å².